The molecular formula is C23H34N2O4S. The Kier molecular flexibility index (Phi) is 7.78. The lowest BCUT2D eigenvalue weighted by Crippen LogP contribution is -2.49. The molecule has 1 saturated carbocycles. The number of fused-ring (bicyclic) bond motifs is 1. The van der Waals surface area contributed by atoms with Gasteiger partial charge in [-0.3, -0.25) is 4.79 Å². The first-order valence-corrected chi connectivity index (χ1v) is 13.0. The molecule has 3 rings (SSSR count). The van der Waals surface area contributed by atoms with Gasteiger partial charge in [-0.25, -0.2) is 13.1 Å². The van der Waals surface area contributed by atoms with Crippen molar-refractivity contribution in [1.29, 1.82) is 0 Å². The highest BCUT2D eigenvalue weighted by molar-refractivity contribution is 7.88. The van der Waals surface area contributed by atoms with Gasteiger partial charge in [0.2, 0.25) is 10.0 Å². The van der Waals surface area contributed by atoms with Crippen LogP contribution in [0.5, 0.6) is 0 Å². The molecule has 6 nitrogen and oxygen atoms in total. The lowest BCUT2D eigenvalue weighted by atomic mass is 9.87. The predicted octanol–water partition coefficient (Wildman–Crippen LogP) is 2.94. The second-order valence-corrected chi connectivity index (χ2v) is 10.4. The van der Waals surface area contributed by atoms with Crippen molar-refractivity contribution < 1.29 is 13.2 Å². The van der Waals surface area contributed by atoms with Crippen LogP contribution in [-0.2, 0) is 21.2 Å². The summed E-state index contributed by atoms with van der Waals surface area (Å²) in [6.07, 6.45) is 8.66. The van der Waals surface area contributed by atoms with Gasteiger partial charge in [0.05, 0.1) is 25.0 Å². The highest BCUT2D eigenvalue weighted by atomic mass is 32.2. The van der Waals surface area contributed by atoms with Gasteiger partial charge in [-0.1, -0.05) is 18.9 Å². The van der Waals surface area contributed by atoms with E-state index in [0.717, 1.165) is 44.2 Å². The molecule has 1 aliphatic carbocycles. The van der Waals surface area contributed by atoms with Crippen LogP contribution >= 0.6 is 0 Å². The Morgan fingerprint density at radius 2 is 1.93 bits per heavy atom. The number of pyridine rings is 1. The number of sulfonamides is 1. The van der Waals surface area contributed by atoms with Crippen LogP contribution in [0.3, 0.4) is 0 Å². The second-order valence-electron chi connectivity index (χ2n) is 8.66. The minimum Gasteiger partial charge on any atom is -0.376 e. The fraction of sp³-hybridized carbons (Fsp3) is 0.696. The third kappa shape index (κ3) is 5.96. The van der Waals surface area contributed by atoms with Crippen molar-refractivity contribution in [3.63, 3.8) is 0 Å². The van der Waals surface area contributed by atoms with E-state index in [4.69, 9.17) is 4.74 Å². The minimum atomic E-state index is -3.38. The van der Waals surface area contributed by atoms with E-state index in [1.165, 1.54) is 6.26 Å². The molecule has 166 valence electrons. The molecule has 0 radical (unpaired) electrons. The largest absolute Gasteiger partial charge is 0.376 e. The Morgan fingerprint density at radius 1 is 1.20 bits per heavy atom. The second kappa shape index (κ2) is 10.1. The fourth-order valence-corrected chi connectivity index (χ4v) is 5.31. The summed E-state index contributed by atoms with van der Waals surface area (Å²) in [4.78, 5) is 12.9. The van der Waals surface area contributed by atoms with Gasteiger partial charge < -0.3 is 9.30 Å². The molecule has 2 heterocycles. The summed E-state index contributed by atoms with van der Waals surface area (Å²) < 4.78 is 34.6. The molecule has 0 spiro atoms. The Morgan fingerprint density at radius 3 is 2.60 bits per heavy atom. The predicted molar refractivity (Wildman–Crippen MR) is 119 cm³/mol. The number of aromatic nitrogens is 1. The van der Waals surface area contributed by atoms with Crippen LogP contribution in [0.1, 0.15) is 69.2 Å². The SMILES string of the molecule is CCCC#CC1CCC(OCC2C(NS(C)(=O)=O)CCc3ccc(C)c(=O)n32)CC1. The Balaban J connectivity index is 1.70. The molecule has 1 aliphatic heterocycles. The summed E-state index contributed by atoms with van der Waals surface area (Å²) in [5, 5.41) is 0. The summed E-state index contributed by atoms with van der Waals surface area (Å²) >= 11 is 0. The van der Waals surface area contributed by atoms with E-state index in [1.807, 2.05) is 12.1 Å². The molecule has 0 aromatic carbocycles. The fourth-order valence-electron chi connectivity index (χ4n) is 4.49. The van der Waals surface area contributed by atoms with Crippen molar-refractivity contribution in [2.45, 2.75) is 83.4 Å². The third-order valence-electron chi connectivity index (χ3n) is 6.12. The first kappa shape index (κ1) is 23.1. The van der Waals surface area contributed by atoms with Gasteiger partial charge in [0.25, 0.3) is 5.56 Å². The lowest BCUT2D eigenvalue weighted by molar-refractivity contribution is -0.00299. The standard InChI is InChI=1S/C23H34N2O4S/c1-4-5-6-7-18-9-13-20(14-10-18)29-16-22-21(24-30(3,27)28)15-12-19-11-8-17(2)23(26)25(19)22/h8,11,18,20-22,24H,4-5,9-10,12-16H2,1-3H3. The Labute approximate surface area is 180 Å². The van der Waals surface area contributed by atoms with Crippen LogP contribution in [0.2, 0.25) is 0 Å². The Hall–Kier alpha value is -1.62. The van der Waals surface area contributed by atoms with E-state index in [2.05, 4.69) is 23.5 Å². The van der Waals surface area contributed by atoms with Gasteiger partial charge in [0, 0.05) is 29.6 Å². The van der Waals surface area contributed by atoms with Gasteiger partial charge in [-0.05, 0) is 57.9 Å². The molecular weight excluding hydrogens is 400 g/mol. The quantitative estimate of drug-likeness (QED) is 0.699. The van der Waals surface area contributed by atoms with Gasteiger partial charge in [-0.15, -0.1) is 5.92 Å². The topological polar surface area (TPSA) is 77.4 Å². The minimum absolute atomic E-state index is 0.0593. The maximum Gasteiger partial charge on any atom is 0.254 e. The van der Waals surface area contributed by atoms with E-state index in [-0.39, 0.29) is 23.7 Å². The van der Waals surface area contributed by atoms with Crippen LogP contribution in [0.15, 0.2) is 16.9 Å². The van der Waals surface area contributed by atoms with Crippen molar-refractivity contribution in [1.82, 2.24) is 9.29 Å². The molecule has 2 unspecified atom stereocenters. The first-order valence-electron chi connectivity index (χ1n) is 11.1. The summed E-state index contributed by atoms with van der Waals surface area (Å²) in [5.41, 5.74) is 1.55. The number of nitrogens with zero attached hydrogens (tertiary/aromatic N) is 1. The van der Waals surface area contributed by atoms with Crippen molar-refractivity contribution in [3.8, 4) is 11.8 Å². The molecule has 1 fully saturated rings. The van der Waals surface area contributed by atoms with Crippen LogP contribution in [-0.4, -0.2) is 38.0 Å². The van der Waals surface area contributed by atoms with Gasteiger partial charge in [0.1, 0.15) is 0 Å². The maximum atomic E-state index is 12.9. The highest BCUT2D eigenvalue weighted by Crippen LogP contribution is 2.29. The first-order chi connectivity index (χ1) is 14.3. The number of hydrogen-bond acceptors (Lipinski definition) is 4. The average Bonchev–Trinajstić information content (AvgIpc) is 2.70. The van der Waals surface area contributed by atoms with E-state index >= 15 is 0 Å². The smallest absolute Gasteiger partial charge is 0.254 e. The zero-order valence-electron chi connectivity index (χ0n) is 18.3. The van der Waals surface area contributed by atoms with E-state index in [9.17, 15) is 13.2 Å². The van der Waals surface area contributed by atoms with Gasteiger partial charge >= 0.3 is 0 Å². The molecule has 0 bridgehead atoms. The molecule has 1 aromatic rings. The van der Waals surface area contributed by atoms with Crippen molar-refractivity contribution in [2.75, 3.05) is 12.9 Å². The number of ether oxygens (including phenoxy) is 1. The molecule has 30 heavy (non-hydrogen) atoms. The average molecular weight is 435 g/mol. The summed E-state index contributed by atoms with van der Waals surface area (Å²) in [5.74, 6) is 7.09. The van der Waals surface area contributed by atoms with Crippen LogP contribution in [0.4, 0.5) is 0 Å². The lowest BCUT2D eigenvalue weighted by Gasteiger charge is -2.36. The molecule has 0 amide bonds. The summed E-state index contributed by atoms with van der Waals surface area (Å²) in [6.45, 7) is 4.27. The number of hydrogen-bond donors (Lipinski definition) is 1. The van der Waals surface area contributed by atoms with Crippen LogP contribution in [0.25, 0.3) is 0 Å². The molecule has 2 aliphatic rings. The normalized spacial score (nSPS) is 26.5. The monoisotopic (exact) mass is 434 g/mol. The van der Waals surface area contributed by atoms with Gasteiger partial charge in [-0.2, -0.15) is 0 Å². The van der Waals surface area contributed by atoms with Crippen molar-refractivity contribution in [2.24, 2.45) is 5.92 Å². The van der Waals surface area contributed by atoms with E-state index in [0.29, 0.717) is 30.9 Å². The number of aryl methyl sites for hydroxylation is 2. The molecule has 1 aromatic heterocycles. The Bertz CT molecular complexity index is 950. The van der Waals surface area contributed by atoms with E-state index < -0.39 is 10.0 Å². The van der Waals surface area contributed by atoms with Crippen LogP contribution < -0.4 is 10.3 Å². The molecule has 7 heteroatoms. The van der Waals surface area contributed by atoms with Crippen LogP contribution in [0, 0.1) is 24.7 Å². The van der Waals surface area contributed by atoms with Crippen molar-refractivity contribution >= 4 is 10.0 Å². The zero-order valence-corrected chi connectivity index (χ0v) is 19.1. The molecule has 1 N–H and O–H groups in total. The molecule has 2 atom stereocenters. The highest BCUT2D eigenvalue weighted by Gasteiger charge is 2.33. The van der Waals surface area contributed by atoms with Crippen molar-refractivity contribution in [3.05, 3.63) is 33.7 Å². The van der Waals surface area contributed by atoms with Gasteiger partial charge in [0.15, 0.2) is 0 Å². The summed E-state index contributed by atoms with van der Waals surface area (Å²) in [6, 6.07) is 3.14. The third-order valence-corrected chi connectivity index (χ3v) is 6.85. The number of unbranched alkanes of at least 4 members (excludes halogenated alkanes) is 1. The molecule has 0 saturated heterocycles. The number of rotatable bonds is 6. The summed E-state index contributed by atoms with van der Waals surface area (Å²) in [7, 11) is -3.38. The zero-order chi connectivity index (χ0) is 21.7. The number of nitrogens with one attached hydrogen (secondary N) is 1. The maximum absolute atomic E-state index is 12.9. The van der Waals surface area contributed by atoms with E-state index in [1.54, 1.807) is 11.5 Å².